The Labute approximate surface area is 132 Å². The number of hydrogen-bond donors (Lipinski definition) is 1. The van der Waals surface area contributed by atoms with Gasteiger partial charge in [0.05, 0.1) is 5.56 Å². The molecule has 0 spiro atoms. The molecule has 23 heavy (non-hydrogen) atoms. The molecule has 0 fully saturated rings. The zero-order valence-corrected chi connectivity index (χ0v) is 12.7. The maximum Gasteiger partial charge on any atom is 0.254 e. The van der Waals surface area contributed by atoms with Crippen LogP contribution in [-0.2, 0) is 19.4 Å². The van der Waals surface area contributed by atoms with Crippen LogP contribution in [0, 0.1) is 11.6 Å². The summed E-state index contributed by atoms with van der Waals surface area (Å²) in [5.74, 6) is -0.294. The lowest BCUT2D eigenvalue weighted by Gasteiger charge is -2.08. The average Bonchev–Trinajstić information content (AvgIpc) is 2.75. The molecule has 1 aromatic carbocycles. The van der Waals surface area contributed by atoms with Crippen LogP contribution in [0.25, 0.3) is 0 Å². The maximum atomic E-state index is 13.5. The van der Waals surface area contributed by atoms with Crippen molar-refractivity contribution in [3.63, 3.8) is 0 Å². The van der Waals surface area contributed by atoms with Gasteiger partial charge in [0.2, 0.25) is 0 Å². The van der Waals surface area contributed by atoms with E-state index in [9.17, 15) is 13.6 Å². The summed E-state index contributed by atoms with van der Waals surface area (Å²) in [6, 6.07) is 2.91. The van der Waals surface area contributed by atoms with Crippen molar-refractivity contribution in [3.8, 4) is 0 Å². The number of fused-ring (bicyclic) bond motifs is 1. The van der Waals surface area contributed by atoms with Crippen molar-refractivity contribution in [1.29, 1.82) is 0 Å². The third-order valence-electron chi connectivity index (χ3n) is 4.00. The normalized spacial score (nSPS) is 14.2. The molecule has 5 nitrogen and oxygen atoms in total. The molecule has 1 aliphatic rings. The maximum absolute atomic E-state index is 13.5. The van der Waals surface area contributed by atoms with Gasteiger partial charge in [0.15, 0.2) is 0 Å². The number of aryl methyl sites for hydroxylation is 1. The van der Waals surface area contributed by atoms with Crippen LogP contribution in [0.2, 0.25) is 0 Å². The number of nitrogens with one attached hydrogen (secondary N) is 1. The first-order chi connectivity index (χ1) is 11.1. The van der Waals surface area contributed by atoms with Crippen LogP contribution in [0.1, 0.15) is 41.3 Å². The molecule has 1 aromatic heterocycles. The predicted octanol–water partition coefficient (Wildman–Crippen LogP) is 2.26. The Balaban J connectivity index is 1.59. The van der Waals surface area contributed by atoms with Crippen LogP contribution in [0.4, 0.5) is 8.78 Å². The standard InChI is InChI=1S/C16H18F2N4O/c17-11-5-6-12(13(18)10-11)16(23)19-8-7-15-21-20-14-4-2-1-3-9-22(14)15/h5-6,10H,1-4,7-9H2,(H,19,23). The molecule has 0 unspecified atom stereocenters. The molecule has 0 atom stereocenters. The minimum Gasteiger partial charge on any atom is -0.351 e. The number of carbonyl (C=O) groups is 1. The van der Waals surface area contributed by atoms with E-state index in [4.69, 9.17) is 0 Å². The summed E-state index contributed by atoms with van der Waals surface area (Å²) in [4.78, 5) is 11.9. The van der Waals surface area contributed by atoms with Gasteiger partial charge in [0, 0.05) is 32.0 Å². The predicted molar refractivity (Wildman–Crippen MR) is 80.0 cm³/mol. The Morgan fingerprint density at radius 2 is 2.09 bits per heavy atom. The van der Waals surface area contributed by atoms with Crippen molar-refractivity contribution in [2.45, 2.75) is 38.6 Å². The lowest BCUT2D eigenvalue weighted by molar-refractivity contribution is 0.0950. The highest BCUT2D eigenvalue weighted by atomic mass is 19.1. The molecule has 1 amide bonds. The zero-order valence-electron chi connectivity index (χ0n) is 12.7. The number of carbonyl (C=O) groups excluding carboxylic acids is 1. The number of benzene rings is 1. The van der Waals surface area contributed by atoms with E-state index in [0.717, 1.165) is 49.6 Å². The fourth-order valence-corrected chi connectivity index (χ4v) is 2.79. The summed E-state index contributed by atoms with van der Waals surface area (Å²) < 4.78 is 28.5. The Morgan fingerprint density at radius 3 is 2.91 bits per heavy atom. The van der Waals surface area contributed by atoms with Crippen molar-refractivity contribution >= 4 is 5.91 Å². The van der Waals surface area contributed by atoms with Crippen LogP contribution in [0.15, 0.2) is 18.2 Å². The Kier molecular flexibility index (Phi) is 4.64. The number of amides is 1. The summed E-state index contributed by atoms with van der Waals surface area (Å²) in [6.45, 7) is 1.23. The van der Waals surface area contributed by atoms with Crippen LogP contribution >= 0.6 is 0 Å². The minimum absolute atomic E-state index is 0.161. The zero-order chi connectivity index (χ0) is 16.2. The van der Waals surface area contributed by atoms with Crippen molar-refractivity contribution < 1.29 is 13.6 Å². The van der Waals surface area contributed by atoms with E-state index < -0.39 is 17.5 Å². The Hall–Kier alpha value is -2.31. The van der Waals surface area contributed by atoms with Crippen molar-refractivity contribution in [1.82, 2.24) is 20.1 Å². The summed E-state index contributed by atoms with van der Waals surface area (Å²) in [6.07, 6.45) is 4.87. The number of hydrogen-bond acceptors (Lipinski definition) is 3. The van der Waals surface area contributed by atoms with Gasteiger partial charge in [-0.2, -0.15) is 0 Å². The van der Waals surface area contributed by atoms with E-state index in [1.54, 1.807) is 0 Å². The second kappa shape index (κ2) is 6.85. The van der Waals surface area contributed by atoms with E-state index in [2.05, 4.69) is 20.1 Å². The van der Waals surface area contributed by atoms with E-state index in [1.165, 1.54) is 6.42 Å². The van der Waals surface area contributed by atoms with Gasteiger partial charge in [-0.3, -0.25) is 4.79 Å². The summed E-state index contributed by atoms with van der Waals surface area (Å²) in [5.41, 5.74) is -0.161. The fourth-order valence-electron chi connectivity index (χ4n) is 2.79. The van der Waals surface area contributed by atoms with E-state index in [-0.39, 0.29) is 5.56 Å². The Bertz CT molecular complexity index is 714. The quantitative estimate of drug-likeness (QED) is 0.940. The van der Waals surface area contributed by atoms with Gasteiger partial charge < -0.3 is 9.88 Å². The topological polar surface area (TPSA) is 59.8 Å². The van der Waals surface area contributed by atoms with Gasteiger partial charge in [-0.1, -0.05) is 6.42 Å². The molecule has 3 rings (SSSR count). The van der Waals surface area contributed by atoms with E-state index in [0.29, 0.717) is 19.0 Å². The number of aromatic nitrogens is 3. The number of rotatable bonds is 4. The van der Waals surface area contributed by atoms with Gasteiger partial charge >= 0.3 is 0 Å². The number of nitrogens with zero attached hydrogens (tertiary/aromatic N) is 3. The van der Waals surface area contributed by atoms with Crippen molar-refractivity contribution in [2.24, 2.45) is 0 Å². The first kappa shape index (κ1) is 15.6. The molecule has 0 bridgehead atoms. The molecule has 0 radical (unpaired) electrons. The first-order valence-electron chi connectivity index (χ1n) is 7.79. The van der Waals surface area contributed by atoms with Crippen molar-refractivity contribution in [2.75, 3.05) is 6.54 Å². The highest BCUT2D eigenvalue weighted by Gasteiger charge is 2.16. The third-order valence-corrected chi connectivity index (χ3v) is 4.00. The minimum atomic E-state index is -0.862. The van der Waals surface area contributed by atoms with Gasteiger partial charge in [0.25, 0.3) is 5.91 Å². The molecule has 122 valence electrons. The van der Waals surface area contributed by atoms with Crippen molar-refractivity contribution in [3.05, 3.63) is 47.0 Å². The first-order valence-corrected chi connectivity index (χ1v) is 7.79. The monoisotopic (exact) mass is 320 g/mol. The highest BCUT2D eigenvalue weighted by molar-refractivity contribution is 5.94. The molecule has 0 saturated heterocycles. The molecule has 2 heterocycles. The lowest BCUT2D eigenvalue weighted by Crippen LogP contribution is -2.27. The molecule has 1 aliphatic heterocycles. The number of halogens is 2. The molecule has 1 N–H and O–H groups in total. The second-order valence-corrected chi connectivity index (χ2v) is 5.62. The summed E-state index contributed by atoms with van der Waals surface area (Å²) >= 11 is 0. The molecule has 0 aliphatic carbocycles. The smallest absolute Gasteiger partial charge is 0.254 e. The van der Waals surface area contributed by atoms with E-state index >= 15 is 0 Å². The van der Waals surface area contributed by atoms with Crippen LogP contribution in [0.3, 0.4) is 0 Å². The van der Waals surface area contributed by atoms with Gasteiger partial charge in [0.1, 0.15) is 23.3 Å². The van der Waals surface area contributed by atoms with Crippen LogP contribution in [-0.4, -0.2) is 27.2 Å². The van der Waals surface area contributed by atoms with Crippen LogP contribution < -0.4 is 5.32 Å². The molecule has 7 heteroatoms. The summed E-state index contributed by atoms with van der Waals surface area (Å²) in [7, 11) is 0. The lowest BCUT2D eigenvalue weighted by atomic mass is 10.2. The average molecular weight is 320 g/mol. The second-order valence-electron chi connectivity index (χ2n) is 5.62. The van der Waals surface area contributed by atoms with Gasteiger partial charge in [-0.05, 0) is 25.0 Å². The molecule has 0 saturated carbocycles. The fraction of sp³-hybridized carbons (Fsp3) is 0.438. The molecule has 2 aromatic rings. The Morgan fingerprint density at radius 1 is 1.22 bits per heavy atom. The third kappa shape index (κ3) is 3.55. The highest BCUT2D eigenvalue weighted by Crippen LogP contribution is 2.14. The van der Waals surface area contributed by atoms with Crippen LogP contribution in [0.5, 0.6) is 0 Å². The molecular weight excluding hydrogens is 302 g/mol. The van der Waals surface area contributed by atoms with Gasteiger partial charge in [-0.15, -0.1) is 10.2 Å². The SMILES string of the molecule is O=C(NCCc1nnc2n1CCCCC2)c1ccc(F)cc1F. The largest absolute Gasteiger partial charge is 0.351 e. The molecular formula is C16H18F2N4O. The van der Waals surface area contributed by atoms with Gasteiger partial charge in [-0.25, -0.2) is 8.78 Å². The van der Waals surface area contributed by atoms with E-state index in [1.807, 2.05) is 0 Å². The summed E-state index contributed by atoms with van der Waals surface area (Å²) in [5, 5.41) is 11.0.